The summed E-state index contributed by atoms with van der Waals surface area (Å²) in [7, 11) is 0. The van der Waals surface area contributed by atoms with E-state index in [1.54, 1.807) is 6.07 Å². The lowest BCUT2D eigenvalue weighted by molar-refractivity contribution is -0.109. The maximum atomic E-state index is 12.5. The van der Waals surface area contributed by atoms with Crippen LogP contribution in [0.5, 0.6) is 0 Å². The van der Waals surface area contributed by atoms with Crippen LogP contribution in [-0.4, -0.2) is 55.6 Å². The molecule has 0 bridgehead atoms. The highest BCUT2D eigenvalue weighted by atomic mass is 32.2. The molecule has 1 saturated carbocycles. The molecule has 1 aromatic heterocycles. The zero-order chi connectivity index (χ0) is 18.6. The summed E-state index contributed by atoms with van der Waals surface area (Å²) in [5, 5.41) is 3.06. The minimum atomic E-state index is 0.172. The number of anilines is 1. The van der Waals surface area contributed by atoms with Gasteiger partial charge < -0.3 is 10.2 Å². The van der Waals surface area contributed by atoms with Gasteiger partial charge in [-0.3, -0.25) is 9.69 Å². The van der Waals surface area contributed by atoms with Gasteiger partial charge in [-0.25, -0.2) is 4.98 Å². The van der Waals surface area contributed by atoms with Crippen molar-refractivity contribution in [2.75, 3.05) is 44.2 Å². The molecule has 0 atom stereocenters. The summed E-state index contributed by atoms with van der Waals surface area (Å²) in [6.07, 6.45) is 8.16. The van der Waals surface area contributed by atoms with Crippen LogP contribution in [0.15, 0.2) is 23.2 Å². The molecule has 1 aliphatic carbocycles. The van der Waals surface area contributed by atoms with Gasteiger partial charge in [-0.05, 0) is 18.1 Å². The van der Waals surface area contributed by atoms with Crippen LogP contribution in [0.1, 0.15) is 39.0 Å². The second-order valence-electron chi connectivity index (χ2n) is 7.06. The van der Waals surface area contributed by atoms with Gasteiger partial charge >= 0.3 is 0 Å². The SMILES string of the molecule is CC1CCCCC1.O=CNCCN1CCN(c2cccc(SF)n2)CC1. The third-order valence-electron chi connectivity index (χ3n) is 5.03. The molecule has 0 spiro atoms. The molecule has 146 valence electrons. The predicted molar refractivity (Wildman–Crippen MR) is 106 cm³/mol. The second-order valence-corrected chi connectivity index (χ2v) is 7.63. The predicted octanol–water partition coefficient (Wildman–Crippen LogP) is 3.51. The van der Waals surface area contributed by atoms with Crippen molar-refractivity contribution in [1.82, 2.24) is 15.2 Å². The first kappa shape index (κ1) is 21.0. The first-order valence-electron chi connectivity index (χ1n) is 9.63. The lowest BCUT2D eigenvalue weighted by Crippen LogP contribution is -2.48. The number of pyridine rings is 1. The van der Waals surface area contributed by atoms with Gasteiger partial charge in [-0.1, -0.05) is 45.1 Å². The lowest BCUT2D eigenvalue weighted by Gasteiger charge is -2.35. The first-order valence-corrected chi connectivity index (χ1v) is 10.3. The molecule has 2 fully saturated rings. The summed E-state index contributed by atoms with van der Waals surface area (Å²) in [5.41, 5.74) is 0. The Bertz CT molecular complexity index is 520. The van der Waals surface area contributed by atoms with Crippen LogP contribution in [0.3, 0.4) is 0 Å². The Morgan fingerprint density at radius 2 is 1.96 bits per heavy atom. The maximum absolute atomic E-state index is 12.5. The molecule has 5 nitrogen and oxygen atoms in total. The Morgan fingerprint density at radius 3 is 2.54 bits per heavy atom. The molecule has 1 N–H and O–H groups in total. The highest BCUT2D eigenvalue weighted by molar-refractivity contribution is 7.94. The molecule has 2 aliphatic rings. The Morgan fingerprint density at radius 1 is 1.23 bits per heavy atom. The Labute approximate surface area is 161 Å². The summed E-state index contributed by atoms with van der Waals surface area (Å²) in [5.74, 6) is 1.86. The highest BCUT2D eigenvalue weighted by Gasteiger charge is 2.17. The van der Waals surface area contributed by atoms with Crippen molar-refractivity contribution in [2.24, 2.45) is 5.92 Å². The number of piperazine rings is 1. The Hall–Kier alpha value is -1.34. The van der Waals surface area contributed by atoms with Gasteiger partial charge in [0.2, 0.25) is 6.41 Å². The first-order chi connectivity index (χ1) is 12.7. The number of carbonyl (C=O) groups excluding carboxylic acids is 1. The van der Waals surface area contributed by atoms with E-state index in [-0.39, 0.29) is 12.1 Å². The number of nitrogens with zero attached hydrogens (tertiary/aromatic N) is 3. The van der Waals surface area contributed by atoms with Crippen molar-refractivity contribution in [1.29, 1.82) is 0 Å². The summed E-state index contributed by atoms with van der Waals surface area (Å²) in [6, 6.07) is 5.39. The lowest BCUT2D eigenvalue weighted by atomic mass is 9.91. The minimum Gasteiger partial charge on any atom is -0.357 e. The van der Waals surface area contributed by atoms with Gasteiger partial charge in [-0.2, -0.15) is 3.89 Å². The monoisotopic (exact) mass is 382 g/mol. The molecular formula is C19H31FN4OS. The number of hydrogen-bond acceptors (Lipinski definition) is 5. The molecule has 1 amide bonds. The number of aromatic nitrogens is 1. The van der Waals surface area contributed by atoms with Crippen molar-refractivity contribution in [2.45, 2.75) is 44.1 Å². The van der Waals surface area contributed by atoms with Crippen LogP contribution >= 0.6 is 12.1 Å². The van der Waals surface area contributed by atoms with E-state index in [0.29, 0.717) is 11.6 Å². The fourth-order valence-electron chi connectivity index (χ4n) is 3.41. The normalized spacial score (nSPS) is 18.8. The van der Waals surface area contributed by atoms with Gasteiger partial charge in [0.1, 0.15) is 23.0 Å². The molecule has 2 heterocycles. The molecule has 0 aromatic carbocycles. The quantitative estimate of drug-likeness (QED) is 0.603. The molecule has 3 rings (SSSR count). The van der Waals surface area contributed by atoms with Crippen molar-refractivity contribution in [3.8, 4) is 0 Å². The third-order valence-corrected chi connectivity index (χ3v) is 5.42. The molecule has 1 saturated heterocycles. The van der Waals surface area contributed by atoms with Crippen molar-refractivity contribution in [3.63, 3.8) is 0 Å². The van der Waals surface area contributed by atoms with E-state index >= 15 is 0 Å². The van der Waals surface area contributed by atoms with Gasteiger partial charge in [-0.15, -0.1) is 0 Å². The number of carbonyl (C=O) groups is 1. The Kier molecular flexibility index (Phi) is 9.77. The summed E-state index contributed by atoms with van der Waals surface area (Å²) >= 11 is 0.172. The topological polar surface area (TPSA) is 48.5 Å². The van der Waals surface area contributed by atoms with E-state index in [0.717, 1.165) is 50.9 Å². The molecule has 0 unspecified atom stereocenters. The van der Waals surface area contributed by atoms with E-state index in [2.05, 4.69) is 27.0 Å². The average Bonchev–Trinajstić information content (AvgIpc) is 2.70. The average molecular weight is 383 g/mol. The van der Waals surface area contributed by atoms with Crippen LogP contribution in [-0.2, 0) is 4.79 Å². The van der Waals surface area contributed by atoms with Crippen molar-refractivity contribution < 1.29 is 8.68 Å². The van der Waals surface area contributed by atoms with Crippen LogP contribution in [0.4, 0.5) is 9.70 Å². The zero-order valence-corrected chi connectivity index (χ0v) is 16.5. The van der Waals surface area contributed by atoms with Gasteiger partial charge in [0, 0.05) is 39.3 Å². The smallest absolute Gasteiger partial charge is 0.207 e. The van der Waals surface area contributed by atoms with Crippen LogP contribution < -0.4 is 10.2 Å². The fraction of sp³-hybridized carbons (Fsp3) is 0.684. The number of amides is 1. The number of hydrogen-bond donors (Lipinski definition) is 1. The number of rotatable bonds is 6. The second kappa shape index (κ2) is 12.1. The van der Waals surface area contributed by atoms with Gasteiger partial charge in [0.25, 0.3) is 0 Å². The van der Waals surface area contributed by atoms with Crippen LogP contribution in [0.25, 0.3) is 0 Å². The third kappa shape index (κ3) is 7.50. The standard InChI is InChI=1S/C12H17FN4OS.C7H14/c13-19-12-3-1-2-11(15-12)17-8-6-16(7-9-17)5-4-14-10-18;1-7-5-3-2-4-6-7/h1-3,10H,4-9H2,(H,14,18);7H,2-6H2,1H3. The highest BCUT2D eigenvalue weighted by Crippen LogP contribution is 2.22. The van der Waals surface area contributed by atoms with E-state index in [1.807, 2.05) is 12.1 Å². The summed E-state index contributed by atoms with van der Waals surface area (Å²) < 4.78 is 12.5. The largest absolute Gasteiger partial charge is 0.357 e. The summed E-state index contributed by atoms with van der Waals surface area (Å²) in [4.78, 5) is 18.9. The van der Waals surface area contributed by atoms with E-state index in [4.69, 9.17) is 0 Å². The van der Waals surface area contributed by atoms with E-state index in [1.165, 1.54) is 32.1 Å². The maximum Gasteiger partial charge on any atom is 0.207 e. The number of halogens is 1. The van der Waals surface area contributed by atoms with Gasteiger partial charge in [0.05, 0.1) is 0 Å². The molecule has 7 heteroatoms. The van der Waals surface area contributed by atoms with E-state index in [9.17, 15) is 8.68 Å². The van der Waals surface area contributed by atoms with Crippen molar-refractivity contribution in [3.05, 3.63) is 18.2 Å². The van der Waals surface area contributed by atoms with Gasteiger partial charge in [0.15, 0.2) is 0 Å². The Balaban J connectivity index is 0.000000290. The zero-order valence-electron chi connectivity index (χ0n) is 15.7. The van der Waals surface area contributed by atoms with E-state index < -0.39 is 0 Å². The minimum absolute atomic E-state index is 0.172. The van der Waals surface area contributed by atoms with Crippen LogP contribution in [0, 0.1) is 5.92 Å². The molecular weight excluding hydrogens is 351 g/mol. The molecule has 1 aliphatic heterocycles. The number of nitrogens with one attached hydrogen (secondary N) is 1. The molecule has 1 aromatic rings. The molecule has 0 radical (unpaired) electrons. The van der Waals surface area contributed by atoms with Crippen LogP contribution in [0.2, 0.25) is 0 Å². The van der Waals surface area contributed by atoms with Crippen molar-refractivity contribution >= 4 is 24.4 Å². The fourth-order valence-corrected chi connectivity index (χ4v) is 3.67. The summed E-state index contributed by atoms with van der Waals surface area (Å²) in [6.45, 7) is 7.49. The molecule has 26 heavy (non-hydrogen) atoms.